The van der Waals surface area contributed by atoms with Crippen LogP contribution in [0.15, 0.2) is 42.6 Å². The average molecular weight is 269 g/mol. The van der Waals surface area contributed by atoms with Crippen LogP contribution in [0, 0.1) is 0 Å². The second kappa shape index (κ2) is 4.23. The van der Waals surface area contributed by atoms with Gasteiger partial charge < -0.3 is 0 Å². The number of nitrogens with zero attached hydrogens (tertiary/aromatic N) is 3. The van der Waals surface area contributed by atoms with E-state index in [1.165, 1.54) is 18.3 Å². The molecule has 3 rings (SSSR count). The van der Waals surface area contributed by atoms with Gasteiger partial charge in [0.25, 0.3) is 23.6 Å². The molecule has 0 bridgehead atoms. The van der Waals surface area contributed by atoms with Gasteiger partial charge in [0.05, 0.1) is 5.69 Å². The predicted octanol–water partition coefficient (Wildman–Crippen LogP) is -0.0596. The van der Waals surface area contributed by atoms with E-state index in [0.29, 0.717) is 0 Å². The molecule has 2 aliphatic heterocycles. The minimum Gasteiger partial charge on any atom is -0.269 e. The molecule has 0 radical (unpaired) electrons. The van der Waals surface area contributed by atoms with Gasteiger partial charge >= 0.3 is 0 Å². The van der Waals surface area contributed by atoms with Crippen molar-refractivity contribution >= 4 is 35.1 Å². The van der Waals surface area contributed by atoms with Crippen molar-refractivity contribution in [2.45, 2.75) is 0 Å². The molecule has 1 aromatic heterocycles. The molecule has 0 aliphatic carbocycles. The van der Waals surface area contributed by atoms with E-state index >= 15 is 0 Å². The molecule has 1 aromatic rings. The fraction of sp³-hybridized carbons (Fsp3) is 0. The van der Waals surface area contributed by atoms with Crippen molar-refractivity contribution in [2.75, 3.05) is 9.80 Å². The molecule has 0 aromatic carbocycles. The molecule has 0 saturated carbocycles. The number of carbonyl (C=O) groups excluding carboxylic acids is 4. The largest absolute Gasteiger partial charge is 0.269 e. The monoisotopic (exact) mass is 269 g/mol. The number of hydrogen-bond donors (Lipinski definition) is 0. The Balaban J connectivity index is 1.99. The lowest BCUT2D eigenvalue weighted by atomic mass is 10.3. The number of imide groups is 2. The first-order valence-corrected chi connectivity index (χ1v) is 5.66. The summed E-state index contributed by atoms with van der Waals surface area (Å²) in [5.41, 5.74) is 0.252. The highest BCUT2D eigenvalue weighted by Gasteiger charge is 2.29. The van der Waals surface area contributed by atoms with Crippen molar-refractivity contribution < 1.29 is 19.2 Å². The van der Waals surface area contributed by atoms with Gasteiger partial charge in [-0.05, 0) is 6.07 Å². The van der Waals surface area contributed by atoms with Gasteiger partial charge in [0.2, 0.25) is 0 Å². The Hall–Kier alpha value is -3.09. The molecule has 7 nitrogen and oxygen atoms in total. The number of anilines is 2. The van der Waals surface area contributed by atoms with Crippen LogP contribution in [0.5, 0.6) is 0 Å². The topological polar surface area (TPSA) is 87.7 Å². The molecular formula is C13H7N3O4. The maximum absolute atomic E-state index is 11.6. The van der Waals surface area contributed by atoms with Crippen LogP contribution < -0.4 is 9.80 Å². The summed E-state index contributed by atoms with van der Waals surface area (Å²) in [6.45, 7) is 0. The molecule has 4 amide bonds. The summed E-state index contributed by atoms with van der Waals surface area (Å²) in [7, 11) is 0. The first-order valence-electron chi connectivity index (χ1n) is 5.66. The van der Waals surface area contributed by atoms with Gasteiger partial charge in [-0.2, -0.15) is 0 Å². The molecule has 0 unspecified atom stereocenters. The van der Waals surface area contributed by atoms with Crippen molar-refractivity contribution in [1.29, 1.82) is 0 Å². The molecule has 0 spiro atoms. The third-order valence-corrected chi connectivity index (χ3v) is 2.83. The number of carbonyl (C=O) groups is 4. The SMILES string of the molecule is O=C1C=CC(=O)N1c1ccnc(N2C(=O)C=CC2=O)c1. The first kappa shape index (κ1) is 12.0. The second-order valence-corrected chi connectivity index (χ2v) is 4.06. The lowest BCUT2D eigenvalue weighted by Crippen LogP contribution is -2.32. The fourth-order valence-electron chi connectivity index (χ4n) is 1.95. The van der Waals surface area contributed by atoms with Gasteiger partial charge in [0, 0.05) is 36.6 Å². The summed E-state index contributed by atoms with van der Waals surface area (Å²) in [6.07, 6.45) is 5.88. The molecule has 20 heavy (non-hydrogen) atoms. The lowest BCUT2D eigenvalue weighted by molar-refractivity contribution is -0.121. The molecule has 2 aliphatic rings. The van der Waals surface area contributed by atoms with Crippen molar-refractivity contribution in [1.82, 2.24) is 4.98 Å². The van der Waals surface area contributed by atoms with E-state index in [4.69, 9.17) is 0 Å². The fourth-order valence-corrected chi connectivity index (χ4v) is 1.95. The zero-order chi connectivity index (χ0) is 14.3. The number of hydrogen-bond acceptors (Lipinski definition) is 5. The summed E-state index contributed by atoms with van der Waals surface area (Å²) in [4.78, 5) is 52.0. The Morgan fingerprint density at radius 1 is 0.750 bits per heavy atom. The van der Waals surface area contributed by atoms with Crippen molar-refractivity contribution in [2.24, 2.45) is 0 Å². The summed E-state index contributed by atoms with van der Waals surface area (Å²) in [5, 5.41) is 0. The van der Waals surface area contributed by atoms with Crippen LogP contribution in [0.4, 0.5) is 11.5 Å². The van der Waals surface area contributed by atoms with Crippen LogP contribution in [-0.4, -0.2) is 28.6 Å². The van der Waals surface area contributed by atoms with Gasteiger partial charge in [-0.25, -0.2) is 14.8 Å². The summed E-state index contributed by atoms with van der Waals surface area (Å²) < 4.78 is 0. The van der Waals surface area contributed by atoms with Gasteiger partial charge in [0.1, 0.15) is 5.82 Å². The maximum Gasteiger partial charge on any atom is 0.259 e. The summed E-state index contributed by atoms with van der Waals surface area (Å²) in [5.74, 6) is -1.93. The van der Waals surface area contributed by atoms with Gasteiger partial charge in [0.15, 0.2) is 0 Å². The van der Waals surface area contributed by atoms with E-state index in [-0.39, 0.29) is 11.5 Å². The van der Waals surface area contributed by atoms with Crippen LogP contribution in [-0.2, 0) is 19.2 Å². The predicted molar refractivity (Wildman–Crippen MR) is 67.5 cm³/mol. The van der Waals surface area contributed by atoms with E-state index in [9.17, 15) is 19.2 Å². The second-order valence-electron chi connectivity index (χ2n) is 4.06. The standard InChI is InChI=1S/C13H7N3O4/c17-10-1-2-11(18)15(10)8-5-6-14-9(7-8)16-12(19)3-4-13(16)20/h1-7H. The van der Waals surface area contributed by atoms with Crippen LogP contribution in [0.3, 0.4) is 0 Å². The summed E-state index contributed by atoms with van der Waals surface area (Å²) >= 11 is 0. The highest BCUT2D eigenvalue weighted by atomic mass is 16.2. The Morgan fingerprint density at radius 2 is 1.25 bits per heavy atom. The molecule has 3 heterocycles. The molecule has 0 saturated heterocycles. The molecule has 7 heteroatoms. The average Bonchev–Trinajstić information content (AvgIpc) is 2.93. The lowest BCUT2D eigenvalue weighted by Gasteiger charge is -2.17. The minimum atomic E-state index is -0.517. The highest BCUT2D eigenvalue weighted by molar-refractivity contribution is 6.29. The normalized spacial score (nSPS) is 17.8. The Morgan fingerprint density at radius 3 is 1.80 bits per heavy atom. The van der Waals surface area contributed by atoms with E-state index < -0.39 is 23.6 Å². The smallest absolute Gasteiger partial charge is 0.259 e. The first-order chi connectivity index (χ1) is 9.58. The summed E-state index contributed by atoms with van der Waals surface area (Å²) in [6, 6.07) is 2.79. The third kappa shape index (κ3) is 1.72. The zero-order valence-electron chi connectivity index (χ0n) is 10.0. The molecule has 0 atom stereocenters. The Bertz CT molecular complexity index is 627. The van der Waals surface area contributed by atoms with Crippen molar-refractivity contribution in [3.8, 4) is 0 Å². The van der Waals surface area contributed by atoms with Gasteiger partial charge in [-0.1, -0.05) is 0 Å². The number of aromatic nitrogens is 1. The Kier molecular flexibility index (Phi) is 2.53. The maximum atomic E-state index is 11.6. The number of amides is 4. The molecule has 0 N–H and O–H groups in total. The quantitative estimate of drug-likeness (QED) is 0.702. The highest BCUT2D eigenvalue weighted by Crippen LogP contribution is 2.24. The van der Waals surface area contributed by atoms with Crippen molar-refractivity contribution in [3.05, 3.63) is 42.6 Å². The molecular weight excluding hydrogens is 262 g/mol. The van der Waals surface area contributed by atoms with Crippen LogP contribution >= 0.6 is 0 Å². The van der Waals surface area contributed by atoms with E-state index in [1.54, 1.807) is 0 Å². The number of rotatable bonds is 2. The number of pyridine rings is 1. The van der Waals surface area contributed by atoms with E-state index in [1.807, 2.05) is 0 Å². The third-order valence-electron chi connectivity index (χ3n) is 2.83. The minimum absolute atomic E-state index is 0.0648. The van der Waals surface area contributed by atoms with Crippen LogP contribution in [0.25, 0.3) is 0 Å². The van der Waals surface area contributed by atoms with Crippen LogP contribution in [0.2, 0.25) is 0 Å². The van der Waals surface area contributed by atoms with Crippen molar-refractivity contribution in [3.63, 3.8) is 0 Å². The van der Waals surface area contributed by atoms with E-state index in [2.05, 4.69) is 4.98 Å². The Labute approximate surface area is 112 Å². The van der Waals surface area contributed by atoms with Gasteiger partial charge in [-0.3, -0.25) is 19.2 Å². The van der Waals surface area contributed by atoms with Crippen LogP contribution in [0.1, 0.15) is 0 Å². The molecule has 0 fully saturated rings. The zero-order valence-corrected chi connectivity index (χ0v) is 10.0. The molecule has 98 valence electrons. The van der Waals surface area contributed by atoms with Gasteiger partial charge in [-0.15, -0.1) is 0 Å². The van der Waals surface area contributed by atoms with E-state index in [0.717, 1.165) is 34.1 Å².